The number of carbonyl (C=O) groups excluding carboxylic acids is 1. The largest absolute Gasteiger partial charge is 0.370 e. The number of primary amides is 1. The van der Waals surface area contributed by atoms with Crippen molar-refractivity contribution in [3.63, 3.8) is 0 Å². The molecule has 0 bridgehead atoms. The van der Waals surface area contributed by atoms with E-state index in [1.165, 1.54) is 0 Å². The predicted molar refractivity (Wildman–Crippen MR) is 108 cm³/mol. The molecule has 0 aromatic carbocycles. The Morgan fingerprint density at radius 1 is 1.07 bits per heavy atom. The number of hydrogen-bond donors (Lipinski definition) is 3. The number of nitrogens with zero attached hydrogens (tertiary/aromatic N) is 4. The van der Waals surface area contributed by atoms with Crippen LogP contribution in [0.1, 0.15) is 19.3 Å². The summed E-state index contributed by atoms with van der Waals surface area (Å²) in [4.78, 5) is 28.7. The van der Waals surface area contributed by atoms with Crippen LogP contribution in [0.25, 0.3) is 22.8 Å². The Bertz CT molecular complexity index is 845. The molecule has 0 spiro atoms. The van der Waals surface area contributed by atoms with E-state index in [2.05, 4.69) is 25.3 Å². The summed E-state index contributed by atoms with van der Waals surface area (Å²) in [6.45, 7) is 0.691. The second-order valence-corrected chi connectivity index (χ2v) is 6.35. The van der Waals surface area contributed by atoms with Crippen LogP contribution >= 0.6 is 0 Å². The van der Waals surface area contributed by atoms with Gasteiger partial charge in [0.25, 0.3) is 0 Å². The van der Waals surface area contributed by atoms with Crippen LogP contribution in [0.3, 0.4) is 0 Å². The molecule has 0 aliphatic rings. The molecular weight excluding hydrogens is 354 g/mol. The first kappa shape index (κ1) is 19.4. The predicted octanol–water partition coefficient (Wildman–Crippen LogP) is 2.00. The molecule has 1 amide bonds. The zero-order chi connectivity index (χ0) is 19.8. The summed E-state index contributed by atoms with van der Waals surface area (Å²) in [6.07, 6.45) is 7.40. The summed E-state index contributed by atoms with van der Waals surface area (Å²) < 4.78 is 0. The van der Waals surface area contributed by atoms with Gasteiger partial charge in [-0.25, -0.2) is 9.97 Å². The van der Waals surface area contributed by atoms with Gasteiger partial charge in [-0.3, -0.25) is 14.8 Å². The van der Waals surface area contributed by atoms with Crippen molar-refractivity contribution in [1.82, 2.24) is 19.9 Å². The number of nitrogens with one attached hydrogen (secondary N) is 1. The van der Waals surface area contributed by atoms with Gasteiger partial charge >= 0.3 is 0 Å². The van der Waals surface area contributed by atoms with Gasteiger partial charge in [0.1, 0.15) is 11.5 Å². The summed E-state index contributed by atoms with van der Waals surface area (Å²) in [5.74, 6) is 0.777. The highest BCUT2D eigenvalue weighted by atomic mass is 16.1. The Morgan fingerprint density at radius 3 is 2.68 bits per heavy atom. The zero-order valence-electron chi connectivity index (χ0n) is 15.5. The molecule has 0 aliphatic carbocycles. The van der Waals surface area contributed by atoms with Gasteiger partial charge in [-0.05, 0) is 43.5 Å². The van der Waals surface area contributed by atoms with Crippen molar-refractivity contribution < 1.29 is 4.79 Å². The third-order valence-corrected chi connectivity index (χ3v) is 4.19. The summed E-state index contributed by atoms with van der Waals surface area (Å²) in [6, 6.07) is 10.7. The van der Waals surface area contributed by atoms with Crippen LogP contribution in [0.2, 0.25) is 0 Å². The number of carbonyl (C=O) groups is 1. The molecule has 3 heterocycles. The topological polar surface area (TPSA) is 133 Å². The normalized spacial score (nSPS) is 11.8. The fourth-order valence-corrected chi connectivity index (χ4v) is 2.66. The molecule has 0 fully saturated rings. The maximum Gasteiger partial charge on any atom is 0.234 e. The van der Waals surface area contributed by atoms with Crippen molar-refractivity contribution in [3.8, 4) is 22.8 Å². The minimum atomic E-state index is -0.591. The molecule has 3 aromatic rings. The second kappa shape index (κ2) is 9.52. The van der Waals surface area contributed by atoms with Crippen LogP contribution in [0.15, 0.2) is 55.0 Å². The first-order valence-electron chi connectivity index (χ1n) is 9.13. The first-order valence-corrected chi connectivity index (χ1v) is 9.13. The Kier molecular flexibility index (Phi) is 6.59. The van der Waals surface area contributed by atoms with Crippen LogP contribution in [0.5, 0.6) is 0 Å². The van der Waals surface area contributed by atoms with Crippen LogP contribution < -0.4 is 16.8 Å². The van der Waals surface area contributed by atoms with Crippen molar-refractivity contribution in [3.05, 3.63) is 55.0 Å². The van der Waals surface area contributed by atoms with Crippen LogP contribution in [0.4, 0.5) is 5.82 Å². The van der Waals surface area contributed by atoms with Gasteiger partial charge in [0.15, 0.2) is 5.82 Å². The lowest BCUT2D eigenvalue weighted by molar-refractivity contribution is -0.119. The molecule has 0 radical (unpaired) electrons. The Balaban J connectivity index is 1.74. The number of anilines is 1. The Morgan fingerprint density at radius 2 is 1.96 bits per heavy atom. The molecule has 0 aliphatic heterocycles. The fraction of sp³-hybridized carbons (Fsp3) is 0.250. The van der Waals surface area contributed by atoms with Gasteiger partial charge in [0.2, 0.25) is 5.91 Å². The third-order valence-electron chi connectivity index (χ3n) is 4.19. The molecule has 28 heavy (non-hydrogen) atoms. The maximum atomic E-state index is 11.0. The Labute approximate surface area is 163 Å². The highest BCUT2D eigenvalue weighted by Crippen LogP contribution is 2.22. The van der Waals surface area contributed by atoms with E-state index >= 15 is 0 Å². The quantitative estimate of drug-likeness (QED) is 0.486. The maximum absolute atomic E-state index is 11.0. The molecule has 0 unspecified atom stereocenters. The van der Waals surface area contributed by atoms with Crippen LogP contribution in [0, 0.1) is 0 Å². The van der Waals surface area contributed by atoms with E-state index in [4.69, 9.17) is 11.5 Å². The number of nitrogens with two attached hydrogens (primary N) is 2. The summed E-state index contributed by atoms with van der Waals surface area (Å²) >= 11 is 0. The SMILES string of the molecule is NC(=O)[C@@H](N)CCCCNc1cc(-c2cccnc2)nc(-c2ccccn2)n1. The van der Waals surface area contributed by atoms with Crippen molar-refractivity contribution >= 4 is 11.7 Å². The molecule has 3 aromatic heterocycles. The minimum Gasteiger partial charge on any atom is -0.370 e. The lowest BCUT2D eigenvalue weighted by Gasteiger charge is -2.11. The van der Waals surface area contributed by atoms with Gasteiger partial charge in [0.05, 0.1) is 11.7 Å². The Hall–Kier alpha value is -3.39. The van der Waals surface area contributed by atoms with Crippen molar-refractivity contribution in [1.29, 1.82) is 0 Å². The van der Waals surface area contributed by atoms with Crippen molar-refractivity contribution in [2.45, 2.75) is 25.3 Å². The molecule has 8 heteroatoms. The second-order valence-electron chi connectivity index (χ2n) is 6.35. The fourth-order valence-electron chi connectivity index (χ4n) is 2.66. The van der Waals surface area contributed by atoms with E-state index in [1.807, 2.05) is 36.4 Å². The smallest absolute Gasteiger partial charge is 0.234 e. The third kappa shape index (κ3) is 5.31. The van der Waals surface area contributed by atoms with Gasteiger partial charge in [0, 0.05) is 36.8 Å². The number of unbranched alkanes of at least 4 members (excludes halogenated alkanes) is 1. The van der Waals surface area contributed by atoms with Gasteiger partial charge in [-0.15, -0.1) is 0 Å². The molecule has 0 saturated carbocycles. The minimum absolute atomic E-state index is 0.468. The zero-order valence-corrected chi connectivity index (χ0v) is 15.5. The summed E-state index contributed by atoms with van der Waals surface area (Å²) in [5.41, 5.74) is 13.2. The van der Waals surface area contributed by atoms with Crippen molar-refractivity contribution in [2.75, 3.05) is 11.9 Å². The summed E-state index contributed by atoms with van der Waals surface area (Å²) in [5, 5.41) is 3.31. The molecule has 144 valence electrons. The monoisotopic (exact) mass is 377 g/mol. The number of hydrogen-bond acceptors (Lipinski definition) is 7. The van der Waals surface area contributed by atoms with Gasteiger partial charge < -0.3 is 16.8 Å². The van der Waals surface area contributed by atoms with E-state index in [0.29, 0.717) is 30.3 Å². The average molecular weight is 377 g/mol. The van der Waals surface area contributed by atoms with E-state index < -0.39 is 11.9 Å². The average Bonchev–Trinajstić information content (AvgIpc) is 2.74. The number of aromatic nitrogens is 4. The number of pyridine rings is 2. The number of amides is 1. The van der Waals surface area contributed by atoms with Crippen molar-refractivity contribution in [2.24, 2.45) is 11.5 Å². The number of rotatable bonds is 9. The highest BCUT2D eigenvalue weighted by molar-refractivity contribution is 5.79. The molecular formula is C20H23N7O. The highest BCUT2D eigenvalue weighted by Gasteiger charge is 2.10. The summed E-state index contributed by atoms with van der Waals surface area (Å²) in [7, 11) is 0. The lowest BCUT2D eigenvalue weighted by atomic mass is 10.1. The standard InChI is InChI=1S/C20H23N7O/c21-15(19(22)28)7-1-3-11-25-18-12-17(14-6-5-9-23-13-14)26-20(27-18)16-8-2-4-10-24-16/h2,4-6,8-10,12-13,15H,1,3,7,11,21H2,(H2,22,28)(H,25,26,27)/t15-/m0/s1. The van der Waals surface area contributed by atoms with Crippen LogP contribution in [-0.2, 0) is 4.79 Å². The van der Waals surface area contributed by atoms with Gasteiger partial charge in [-0.2, -0.15) is 0 Å². The first-order chi connectivity index (χ1) is 13.6. The molecule has 8 nitrogen and oxygen atoms in total. The van der Waals surface area contributed by atoms with E-state index in [9.17, 15) is 4.79 Å². The molecule has 5 N–H and O–H groups in total. The lowest BCUT2D eigenvalue weighted by Crippen LogP contribution is -2.36. The van der Waals surface area contributed by atoms with Crippen LogP contribution in [-0.4, -0.2) is 38.4 Å². The molecule has 3 rings (SSSR count). The molecule has 1 atom stereocenters. The molecule has 0 saturated heterocycles. The van der Waals surface area contributed by atoms with E-state index in [1.54, 1.807) is 18.6 Å². The van der Waals surface area contributed by atoms with Gasteiger partial charge in [-0.1, -0.05) is 6.07 Å². The van der Waals surface area contributed by atoms with E-state index in [0.717, 1.165) is 24.1 Å². The van der Waals surface area contributed by atoms with E-state index in [-0.39, 0.29) is 0 Å².